The van der Waals surface area contributed by atoms with E-state index in [1.54, 1.807) is 6.34 Å². The molecule has 2 aliphatic heterocycles. The Hall–Kier alpha value is -1.75. The van der Waals surface area contributed by atoms with Gasteiger partial charge in [-0.05, 0) is 51.9 Å². The van der Waals surface area contributed by atoms with Crippen molar-refractivity contribution in [3.05, 3.63) is 23.5 Å². The van der Waals surface area contributed by atoms with Gasteiger partial charge in [0.05, 0.1) is 12.0 Å². The van der Waals surface area contributed by atoms with Gasteiger partial charge in [-0.25, -0.2) is 4.99 Å². The summed E-state index contributed by atoms with van der Waals surface area (Å²) in [6.07, 6.45) is 12.8. The number of hydrogen-bond acceptors (Lipinski definition) is 4. The molecule has 0 amide bonds. The first-order chi connectivity index (χ1) is 11.3. The van der Waals surface area contributed by atoms with Crippen LogP contribution in [0, 0.1) is 5.92 Å². The highest BCUT2D eigenvalue weighted by atomic mass is 15.1. The molecule has 0 radical (unpaired) electrons. The lowest BCUT2D eigenvalue weighted by Gasteiger charge is -2.25. The minimum atomic E-state index is 0.528. The van der Waals surface area contributed by atoms with E-state index in [0.29, 0.717) is 5.92 Å². The van der Waals surface area contributed by atoms with E-state index in [9.17, 15) is 0 Å². The van der Waals surface area contributed by atoms with E-state index in [-0.39, 0.29) is 0 Å². The standard InChI is InChI=1S/C13H18N4.C5H11N/c14-11(9-4-2-1-3-5-9)12-10-6-7-15-13(10)17-8-16-12;1-6-4-2-3-5-6/h6-9,15H,1-5,14H2,(H,16,17);2-5H2,1H3/b12-11-;. The van der Waals surface area contributed by atoms with Crippen LogP contribution < -0.4 is 11.1 Å². The van der Waals surface area contributed by atoms with Crippen molar-refractivity contribution in [2.75, 3.05) is 20.1 Å². The van der Waals surface area contributed by atoms with Crippen molar-refractivity contribution in [3.8, 4) is 0 Å². The van der Waals surface area contributed by atoms with E-state index in [1.165, 1.54) is 58.0 Å². The van der Waals surface area contributed by atoms with Crippen LogP contribution in [-0.4, -0.2) is 36.4 Å². The van der Waals surface area contributed by atoms with Crippen LogP contribution in [0.5, 0.6) is 0 Å². The molecule has 1 aliphatic carbocycles. The number of fused-ring (bicyclic) bond motifs is 1. The summed E-state index contributed by atoms with van der Waals surface area (Å²) in [5.41, 5.74) is 9.47. The number of allylic oxidation sites excluding steroid dienone is 1. The topological polar surface area (TPSA) is 69.4 Å². The fourth-order valence-corrected chi connectivity index (χ4v) is 3.64. The zero-order valence-electron chi connectivity index (χ0n) is 14.1. The Bertz CT molecular complexity index is 560. The zero-order chi connectivity index (χ0) is 16.1. The fraction of sp³-hybridized carbons (Fsp3) is 0.611. The van der Waals surface area contributed by atoms with Crippen molar-refractivity contribution in [1.82, 2.24) is 15.2 Å². The number of nitrogens with one attached hydrogen (secondary N) is 2. The second-order valence-corrected chi connectivity index (χ2v) is 6.82. The second-order valence-electron chi connectivity index (χ2n) is 6.82. The van der Waals surface area contributed by atoms with Crippen molar-refractivity contribution >= 4 is 17.9 Å². The molecule has 1 saturated carbocycles. The Balaban J connectivity index is 0.000000220. The van der Waals surface area contributed by atoms with Gasteiger partial charge in [-0.15, -0.1) is 0 Å². The molecule has 4 rings (SSSR count). The Labute approximate surface area is 139 Å². The van der Waals surface area contributed by atoms with Crippen molar-refractivity contribution in [2.45, 2.75) is 44.9 Å². The molecule has 126 valence electrons. The van der Waals surface area contributed by atoms with Crippen LogP contribution in [0.3, 0.4) is 0 Å². The SMILES string of the molecule is CN1CCCC1.N/C(=C1\NC=Nc2[nH]ccc21)C1CCCCC1. The minimum absolute atomic E-state index is 0.528. The Morgan fingerprint density at radius 1 is 1.17 bits per heavy atom. The van der Waals surface area contributed by atoms with Gasteiger partial charge in [0.15, 0.2) is 0 Å². The molecule has 1 aromatic rings. The third-order valence-electron chi connectivity index (χ3n) is 5.06. The van der Waals surface area contributed by atoms with Gasteiger partial charge in [0.1, 0.15) is 5.82 Å². The normalized spacial score (nSPS) is 23.7. The number of nitrogens with two attached hydrogens (primary N) is 1. The molecular formula is C18H29N5. The molecule has 3 aliphatic rings. The summed E-state index contributed by atoms with van der Waals surface area (Å²) in [6, 6.07) is 2.03. The molecule has 3 heterocycles. The average Bonchev–Trinajstić information content (AvgIpc) is 3.26. The van der Waals surface area contributed by atoms with Gasteiger partial charge >= 0.3 is 0 Å². The molecule has 0 atom stereocenters. The lowest BCUT2D eigenvalue weighted by atomic mass is 9.85. The van der Waals surface area contributed by atoms with Crippen LogP contribution in [0.1, 0.15) is 50.5 Å². The van der Waals surface area contributed by atoms with Crippen LogP contribution in [0.4, 0.5) is 5.82 Å². The Morgan fingerprint density at radius 2 is 1.91 bits per heavy atom. The highest BCUT2D eigenvalue weighted by Gasteiger charge is 2.22. The van der Waals surface area contributed by atoms with Gasteiger partial charge in [0.25, 0.3) is 0 Å². The molecule has 1 aromatic heterocycles. The van der Waals surface area contributed by atoms with Crippen LogP contribution in [0.2, 0.25) is 0 Å². The maximum Gasteiger partial charge on any atom is 0.141 e. The number of rotatable bonds is 1. The number of nitrogens with zero attached hydrogens (tertiary/aromatic N) is 2. The number of likely N-dealkylation sites (tertiary alicyclic amines) is 1. The molecule has 2 fully saturated rings. The van der Waals surface area contributed by atoms with Gasteiger partial charge in [0, 0.05) is 23.4 Å². The van der Waals surface area contributed by atoms with Crippen molar-refractivity contribution in [3.63, 3.8) is 0 Å². The van der Waals surface area contributed by atoms with E-state index in [0.717, 1.165) is 22.8 Å². The van der Waals surface area contributed by atoms with Crippen molar-refractivity contribution < 1.29 is 0 Å². The van der Waals surface area contributed by atoms with Gasteiger partial charge in [-0.1, -0.05) is 19.3 Å². The summed E-state index contributed by atoms with van der Waals surface area (Å²) >= 11 is 0. The Kier molecular flexibility index (Phi) is 5.39. The third kappa shape index (κ3) is 3.96. The number of aromatic amines is 1. The third-order valence-corrected chi connectivity index (χ3v) is 5.06. The summed E-state index contributed by atoms with van der Waals surface area (Å²) in [7, 11) is 2.17. The van der Waals surface area contributed by atoms with Gasteiger partial charge < -0.3 is 20.9 Å². The molecule has 0 unspecified atom stereocenters. The molecule has 4 N–H and O–H groups in total. The molecule has 1 saturated heterocycles. The first kappa shape index (κ1) is 16.1. The molecule has 23 heavy (non-hydrogen) atoms. The van der Waals surface area contributed by atoms with E-state index >= 15 is 0 Å². The highest BCUT2D eigenvalue weighted by Crippen LogP contribution is 2.33. The van der Waals surface area contributed by atoms with Crippen molar-refractivity contribution in [1.29, 1.82) is 0 Å². The quantitative estimate of drug-likeness (QED) is 0.745. The van der Waals surface area contributed by atoms with Crippen LogP contribution in [-0.2, 0) is 0 Å². The largest absolute Gasteiger partial charge is 0.400 e. The highest BCUT2D eigenvalue weighted by molar-refractivity contribution is 5.87. The first-order valence-electron chi connectivity index (χ1n) is 8.90. The van der Waals surface area contributed by atoms with Crippen LogP contribution >= 0.6 is 0 Å². The van der Waals surface area contributed by atoms with Gasteiger partial charge in [0.2, 0.25) is 0 Å². The molecular weight excluding hydrogens is 286 g/mol. The van der Waals surface area contributed by atoms with Gasteiger partial charge in [-0.2, -0.15) is 0 Å². The lowest BCUT2D eigenvalue weighted by molar-refractivity contribution is 0.400. The van der Waals surface area contributed by atoms with E-state index in [2.05, 4.69) is 27.2 Å². The molecule has 0 spiro atoms. The van der Waals surface area contributed by atoms with Gasteiger partial charge in [-0.3, -0.25) is 0 Å². The van der Waals surface area contributed by atoms with E-state index < -0.39 is 0 Å². The molecule has 5 nitrogen and oxygen atoms in total. The summed E-state index contributed by atoms with van der Waals surface area (Å²) in [5.74, 6) is 1.43. The summed E-state index contributed by atoms with van der Waals surface area (Å²) in [5, 5.41) is 3.20. The van der Waals surface area contributed by atoms with E-state index in [1.807, 2.05) is 12.3 Å². The maximum absolute atomic E-state index is 6.34. The minimum Gasteiger partial charge on any atom is -0.400 e. The number of aliphatic imine (C=N–C) groups is 1. The average molecular weight is 315 g/mol. The molecule has 0 aromatic carbocycles. The zero-order valence-corrected chi connectivity index (χ0v) is 14.1. The fourth-order valence-electron chi connectivity index (χ4n) is 3.64. The first-order valence-corrected chi connectivity index (χ1v) is 8.90. The smallest absolute Gasteiger partial charge is 0.141 e. The number of hydrogen-bond donors (Lipinski definition) is 3. The summed E-state index contributed by atoms with van der Waals surface area (Å²) in [6.45, 7) is 2.64. The van der Waals surface area contributed by atoms with Crippen LogP contribution in [0.25, 0.3) is 5.70 Å². The summed E-state index contributed by atoms with van der Waals surface area (Å²) in [4.78, 5) is 9.73. The second kappa shape index (κ2) is 7.68. The lowest BCUT2D eigenvalue weighted by Crippen LogP contribution is -2.24. The number of aromatic nitrogens is 1. The maximum atomic E-state index is 6.34. The predicted octanol–water partition coefficient (Wildman–Crippen LogP) is 3.20. The van der Waals surface area contributed by atoms with Crippen LogP contribution in [0.15, 0.2) is 23.0 Å². The molecule has 0 bridgehead atoms. The molecule has 5 heteroatoms. The monoisotopic (exact) mass is 315 g/mol. The Morgan fingerprint density at radius 3 is 2.57 bits per heavy atom. The predicted molar refractivity (Wildman–Crippen MR) is 96.5 cm³/mol. The van der Waals surface area contributed by atoms with Crippen molar-refractivity contribution in [2.24, 2.45) is 16.6 Å². The van der Waals surface area contributed by atoms with E-state index in [4.69, 9.17) is 5.73 Å². The summed E-state index contributed by atoms with van der Waals surface area (Å²) < 4.78 is 0. The number of H-pyrrole nitrogens is 1.